The Hall–Kier alpha value is 0.270. The van der Waals surface area contributed by atoms with E-state index in [-0.39, 0.29) is 0 Å². The third kappa shape index (κ3) is 3.38. The molecule has 0 bridgehead atoms. The highest BCUT2D eigenvalue weighted by Crippen LogP contribution is 2.27. The van der Waals surface area contributed by atoms with E-state index in [1.165, 1.54) is 56.7 Å². The van der Waals surface area contributed by atoms with Crippen LogP contribution >= 0.6 is 11.8 Å². The zero-order valence-corrected chi connectivity index (χ0v) is 11.3. The summed E-state index contributed by atoms with van der Waals surface area (Å²) in [6, 6.07) is 1.31. The van der Waals surface area contributed by atoms with Gasteiger partial charge in [-0.2, -0.15) is 11.8 Å². The molecule has 2 N–H and O–H groups in total. The first-order valence-corrected chi connectivity index (χ1v) is 8.02. The van der Waals surface area contributed by atoms with E-state index >= 15 is 0 Å². The molecular formula is C13H26N2S. The fraction of sp³-hybridized carbons (Fsp3) is 1.00. The van der Waals surface area contributed by atoms with Gasteiger partial charge in [-0.1, -0.05) is 6.92 Å². The van der Waals surface area contributed by atoms with Gasteiger partial charge in [-0.25, -0.2) is 0 Å². The molecule has 1 heterocycles. The van der Waals surface area contributed by atoms with Gasteiger partial charge in [0.25, 0.3) is 0 Å². The minimum absolute atomic E-state index is 0.483. The van der Waals surface area contributed by atoms with Crippen molar-refractivity contribution >= 4 is 11.8 Å². The van der Waals surface area contributed by atoms with E-state index in [2.05, 4.69) is 23.6 Å². The summed E-state index contributed by atoms with van der Waals surface area (Å²) in [4.78, 5) is 2.72. The zero-order valence-electron chi connectivity index (χ0n) is 10.5. The maximum atomic E-state index is 5.98. The maximum absolute atomic E-state index is 5.98. The van der Waals surface area contributed by atoms with Gasteiger partial charge in [0.1, 0.15) is 0 Å². The molecule has 0 radical (unpaired) electrons. The number of hydrogen-bond acceptors (Lipinski definition) is 3. The summed E-state index contributed by atoms with van der Waals surface area (Å²) in [5.41, 5.74) is 5.98. The Bertz CT molecular complexity index is 196. The van der Waals surface area contributed by atoms with E-state index in [4.69, 9.17) is 5.73 Å². The van der Waals surface area contributed by atoms with E-state index in [9.17, 15) is 0 Å². The summed E-state index contributed by atoms with van der Waals surface area (Å²) in [5, 5.41) is 0. The third-order valence-corrected chi connectivity index (χ3v) is 5.41. The third-order valence-electron chi connectivity index (χ3n) is 4.18. The summed E-state index contributed by atoms with van der Waals surface area (Å²) >= 11 is 2.14. The molecule has 2 aliphatic rings. The van der Waals surface area contributed by atoms with Crippen molar-refractivity contribution in [3.8, 4) is 0 Å². The first-order chi connectivity index (χ1) is 7.79. The van der Waals surface area contributed by atoms with Crippen LogP contribution in [0.4, 0.5) is 0 Å². The molecule has 16 heavy (non-hydrogen) atoms. The van der Waals surface area contributed by atoms with E-state index in [0.717, 1.165) is 12.0 Å². The standard InChI is InChI=1S/C13H26N2S/c1-2-15(9-11-7-8-16-10-11)13-5-3-12(14)4-6-13/h11-13H,2-10,14H2,1H3. The molecular weight excluding hydrogens is 216 g/mol. The Morgan fingerprint density at radius 2 is 1.94 bits per heavy atom. The second-order valence-electron chi connectivity index (χ2n) is 5.39. The van der Waals surface area contributed by atoms with Crippen molar-refractivity contribution in [2.24, 2.45) is 11.7 Å². The number of thioether (sulfide) groups is 1. The Labute approximate surface area is 104 Å². The van der Waals surface area contributed by atoms with Crippen molar-refractivity contribution in [2.45, 2.75) is 51.1 Å². The van der Waals surface area contributed by atoms with Gasteiger partial charge >= 0.3 is 0 Å². The van der Waals surface area contributed by atoms with Gasteiger partial charge < -0.3 is 10.6 Å². The molecule has 1 aliphatic carbocycles. The van der Waals surface area contributed by atoms with Gasteiger partial charge in [0.2, 0.25) is 0 Å². The molecule has 1 aliphatic heterocycles. The summed E-state index contributed by atoms with van der Waals surface area (Å²) in [6.45, 7) is 4.88. The van der Waals surface area contributed by atoms with Crippen LogP contribution in [0.25, 0.3) is 0 Å². The SMILES string of the molecule is CCN(CC1CCSC1)C1CCC(N)CC1. The average molecular weight is 242 g/mol. The summed E-state index contributed by atoms with van der Waals surface area (Å²) < 4.78 is 0. The quantitative estimate of drug-likeness (QED) is 0.820. The second-order valence-corrected chi connectivity index (χ2v) is 6.54. The fourth-order valence-corrected chi connectivity index (χ4v) is 4.33. The van der Waals surface area contributed by atoms with Crippen LogP contribution in [0, 0.1) is 5.92 Å². The van der Waals surface area contributed by atoms with Crippen molar-refractivity contribution < 1.29 is 0 Å². The van der Waals surface area contributed by atoms with Crippen LogP contribution in [0.2, 0.25) is 0 Å². The van der Waals surface area contributed by atoms with Crippen LogP contribution in [0.1, 0.15) is 39.0 Å². The molecule has 0 spiro atoms. The molecule has 0 amide bonds. The molecule has 0 aromatic heterocycles. The number of rotatable bonds is 4. The van der Waals surface area contributed by atoms with Crippen LogP contribution in [0.3, 0.4) is 0 Å². The largest absolute Gasteiger partial charge is 0.328 e. The Morgan fingerprint density at radius 3 is 2.50 bits per heavy atom. The Morgan fingerprint density at radius 1 is 1.19 bits per heavy atom. The Kier molecular flexibility index (Phi) is 4.98. The smallest absolute Gasteiger partial charge is 0.00964 e. The molecule has 3 heteroatoms. The first-order valence-electron chi connectivity index (χ1n) is 6.87. The van der Waals surface area contributed by atoms with E-state index in [1.807, 2.05) is 0 Å². The average Bonchev–Trinajstić information content (AvgIpc) is 2.80. The van der Waals surface area contributed by atoms with Crippen LogP contribution in [0.15, 0.2) is 0 Å². The van der Waals surface area contributed by atoms with Crippen molar-refractivity contribution in [3.63, 3.8) is 0 Å². The zero-order chi connectivity index (χ0) is 11.4. The molecule has 0 aromatic carbocycles. The van der Waals surface area contributed by atoms with Gasteiger partial charge in [-0.3, -0.25) is 0 Å². The first kappa shape index (κ1) is 12.7. The summed E-state index contributed by atoms with van der Waals surface area (Å²) in [7, 11) is 0. The molecule has 1 saturated heterocycles. The van der Waals surface area contributed by atoms with Crippen molar-refractivity contribution in [2.75, 3.05) is 24.6 Å². The molecule has 94 valence electrons. The van der Waals surface area contributed by atoms with Crippen molar-refractivity contribution in [1.29, 1.82) is 0 Å². The molecule has 2 fully saturated rings. The van der Waals surface area contributed by atoms with E-state index in [1.54, 1.807) is 0 Å². The highest BCUT2D eigenvalue weighted by molar-refractivity contribution is 7.99. The lowest BCUT2D eigenvalue weighted by atomic mass is 9.90. The number of nitrogens with two attached hydrogens (primary N) is 1. The molecule has 0 aromatic rings. The predicted molar refractivity (Wildman–Crippen MR) is 72.9 cm³/mol. The van der Waals surface area contributed by atoms with Gasteiger partial charge in [-0.05, 0) is 56.1 Å². The molecule has 2 nitrogen and oxygen atoms in total. The fourth-order valence-electron chi connectivity index (χ4n) is 3.06. The molecule has 1 saturated carbocycles. The van der Waals surface area contributed by atoms with Gasteiger partial charge in [-0.15, -0.1) is 0 Å². The number of nitrogens with zero attached hydrogens (tertiary/aromatic N) is 1. The van der Waals surface area contributed by atoms with E-state index in [0.29, 0.717) is 6.04 Å². The predicted octanol–water partition coefficient (Wildman–Crippen LogP) is 2.33. The van der Waals surface area contributed by atoms with Crippen LogP contribution < -0.4 is 5.73 Å². The lowest BCUT2D eigenvalue weighted by Gasteiger charge is -2.36. The molecule has 2 rings (SSSR count). The highest BCUT2D eigenvalue weighted by Gasteiger charge is 2.26. The number of hydrogen-bond donors (Lipinski definition) is 1. The van der Waals surface area contributed by atoms with Gasteiger partial charge in [0.15, 0.2) is 0 Å². The summed E-state index contributed by atoms with van der Waals surface area (Å²) in [5.74, 6) is 3.74. The maximum Gasteiger partial charge on any atom is 0.00964 e. The Balaban J connectivity index is 1.79. The van der Waals surface area contributed by atoms with Crippen molar-refractivity contribution in [3.05, 3.63) is 0 Å². The molecule has 1 atom stereocenters. The summed E-state index contributed by atoms with van der Waals surface area (Å²) in [6.07, 6.45) is 6.57. The topological polar surface area (TPSA) is 29.3 Å². The van der Waals surface area contributed by atoms with E-state index < -0.39 is 0 Å². The van der Waals surface area contributed by atoms with Gasteiger partial charge in [0, 0.05) is 18.6 Å². The van der Waals surface area contributed by atoms with Gasteiger partial charge in [0.05, 0.1) is 0 Å². The minimum Gasteiger partial charge on any atom is -0.328 e. The van der Waals surface area contributed by atoms with Crippen LogP contribution in [-0.4, -0.2) is 41.6 Å². The van der Waals surface area contributed by atoms with Crippen molar-refractivity contribution in [1.82, 2.24) is 4.90 Å². The monoisotopic (exact) mass is 242 g/mol. The highest BCUT2D eigenvalue weighted by atomic mass is 32.2. The van der Waals surface area contributed by atoms with Crippen LogP contribution in [0.5, 0.6) is 0 Å². The minimum atomic E-state index is 0.483. The molecule has 1 unspecified atom stereocenters. The second kappa shape index (κ2) is 6.27. The lowest BCUT2D eigenvalue weighted by Crippen LogP contribution is -2.43. The normalized spacial score (nSPS) is 35.8. The van der Waals surface area contributed by atoms with Crippen LogP contribution in [-0.2, 0) is 0 Å². The lowest BCUT2D eigenvalue weighted by molar-refractivity contribution is 0.139.